The van der Waals surface area contributed by atoms with Gasteiger partial charge in [-0.05, 0) is 64.2 Å². The van der Waals surface area contributed by atoms with Crippen LogP contribution < -0.4 is 5.73 Å². The van der Waals surface area contributed by atoms with Crippen molar-refractivity contribution in [2.45, 2.75) is 135 Å². The second kappa shape index (κ2) is 36.5. The number of aliphatic hydroxyl groups is 1. The van der Waals surface area contributed by atoms with Crippen LogP contribution in [-0.2, 0) is 32.7 Å². The van der Waals surface area contributed by atoms with Crippen LogP contribution >= 0.6 is 7.82 Å². The van der Waals surface area contributed by atoms with Gasteiger partial charge in [0.25, 0.3) is 0 Å². The van der Waals surface area contributed by atoms with Crippen LogP contribution in [0.3, 0.4) is 0 Å². The standard InChI is InChI=1S/C41H68NO9P/c1-3-5-7-9-11-13-15-16-17-18-19-21-22-24-26-28-30-38(43)32-33-41(45)51-39(37-50-52(46,47)49-35-34-42)36-48-40(44)31-29-27-25-23-20-14-12-10-8-6-4-2/h5,7,10-13,16-17,19,21,24,26,28,30,38-39,43H,3-4,6,8-9,14-15,18,20,22-23,25,27,29,31-37,42H2,1-2H3,(H,46,47)/b7-5-,12-10-,13-11-,17-16-,21-19-,26-24-,30-28-/t38?,39-/m1/s1. The maximum Gasteiger partial charge on any atom is 0.472 e. The second-order valence-electron chi connectivity index (χ2n) is 12.3. The van der Waals surface area contributed by atoms with Crippen molar-refractivity contribution in [3.8, 4) is 0 Å². The van der Waals surface area contributed by atoms with Gasteiger partial charge in [0.1, 0.15) is 6.61 Å². The van der Waals surface area contributed by atoms with Gasteiger partial charge in [-0.2, -0.15) is 0 Å². The molecule has 10 nitrogen and oxygen atoms in total. The first-order valence-electron chi connectivity index (χ1n) is 19.2. The van der Waals surface area contributed by atoms with Gasteiger partial charge in [0.15, 0.2) is 6.10 Å². The molecule has 0 aliphatic rings. The molecule has 0 rings (SSSR count). The zero-order valence-electron chi connectivity index (χ0n) is 31.9. The molecule has 4 N–H and O–H groups in total. The number of phosphoric acid groups is 1. The van der Waals surface area contributed by atoms with E-state index < -0.39 is 38.6 Å². The second-order valence-corrected chi connectivity index (χ2v) is 13.7. The minimum absolute atomic E-state index is 0.0118. The van der Waals surface area contributed by atoms with E-state index in [1.165, 1.54) is 12.8 Å². The summed E-state index contributed by atoms with van der Waals surface area (Å²) < 4.78 is 32.4. The molecule has 0 fully saturated rings. The van der Waals surface area contributed by atoms with Crippen LogP contribution in [-0.4, -0.2) is 60.5 Å². The molecule has 0 heterocycles. The number of aliphatic hydroxyl groups excluding tert-OH is 1. The molecule has 0 spiro atoms. The first kappa shape index (κ1) is 49.1. The molecule has 52 heavy (non-hydrogen) atoms. The molecular weight excluding hydrogens is 681 g/mol. The fraction of sp³-hybridized carbons (Fsp3) is 0.610. The molecule has 2 unspecified atom stereocenters. The van der Waals surface area contributed by atoms with Crippen LogP contribution in [0, 0.1) is 0 Å². The number of carbonyl (C=O) groups is 2. The van der Waals surface area contributed by atoms with Gasteiger partial charge < -0.3 is 25.2 Å². The third-order valence-electron chi connectivity index (χ3n) is 7.38. The van der Waals surface area contributed by atoms with Crippen molar-refractivity contribution >= 4 is 19.8 Å². The Morgan fingerprint density at radius 2 is 1.29 bits per heavy atom. The van der Waals surface area contributed by atoms with Crippen molar-refractivity contribution in [3.63, 3.8) is 0 Å². The first-order chi connectivity index (χ1) is 25.2. The normalized spacial score (nSPS) is 14.9. The third kappa shape index (κ3) is 35.5. The van der Waals surface area contributed by atoms with Crippen molar-refractivity contribution < 1.29 is 42.7 Å². The van der Waals surface area contributed by atoms with Gasteiger partial charge >= 0.3 is 19.8 Å². The highest BCUT2D eigenvalue weighted by Crippen LogP contribution is 2.43. The van der Waals surface area contributed by atoms with Crippen LogP contribution in [0.1, 0.15) is 123 Å². The molecule has 0 radical (unpaired) electrons. The van der Waals surface area contributed by atoms with Crippen molar-refractivity contribution in [2.75, 3.05) is 26.4 Å². The highest BCUT2D eigenvalue weighted by molar-refractivity contribution is 7.47. The van der Waals surface area contributed by atoms with E-state index in [1.807, 2.05) is 12.2 Å². The molecule has 0 aliphatic carbocycles. The van der Waals surface area contributed by atoms with Crippen LogP contribution in [0.5, 0.6) is 0 Å². The molecule has 0 amide bonds. The zero-order chi connectivity index (χ0) is 38.4. The SMILES string of the molecule is CC/C=C\C/C=C\C/C=C\C/C=C\C/C=C\C=C/C(O)CCC(=O)O[C@H](COC(=O)CCCCCCC/C=C\CCCC)COP(=O)(O)OCCN. The molecule has 0 aromatic carbocycles. The van der Waals surface area contributed by atoms with Gasteiger partial charge in [-0.15, -0.1) is 0 Å². The maximum atomic E-state index is 12.5. The molecule has 0 aliphatic heterocycles. The number of carbonyl (C=O) groups excluding carboxylic acids is 2. The summed E-state index contributed by atoms with van der Waals surface area (Å²) in [5, 5.41) is 10.3. The molecule has 0 aromatic rings. The Kier molecular flexibility index (Phi) is 34.5. The van der Waals surface area contributed by atoms with Crippen molar-refractivity contribution in [3.05, 3.63) is 85.1 Å². The van der Waals surface area contributed by atoms with E-state index in [4.69, 9.17) is 24.3 Å². The predicted molar refractivity (Wildman–Crippen MR) is 211 cm³/mol. The van der Waals surface area contributed by atoms with Gasteiger partial charge in [0.2, 0.25) is 0 Å². The van der Waals surface area contributed by atoms with Gasteiger partial charge in [-0.3, -0.25) is 18.6 Å². The van der Waals surface area contributed by atoms with Crippen molar-refractivity contribution in [2.24, 2.45) is 5.73 Å². The monoisotopic (exact) mass is 749 g/mol. The van der Waals surface area contributed by atoms with E-state index in [1.54, 1.807) is 12.2 Å². The Labute approximate surface area is 314 Å². The largest absolute Gasteiger partial charge is 0.472 e. The van der Waals surface area contributed by atoms with E-state index in [9.17, 15) is 24.2 Å². The summed E-state index contributed by atoms with van der Waals surface area (Å²) in [7, 11) is -4.44. The van der Waals surface area contributed by atoms with Gasteiger partial charge in [-0.1, -0.05) is 131 Å². The highest BCUT2D eigenvalue weighted by atomic mass is 31.2. The van der Waals surface area contributed by atoms with Gasteiger partial charge in [0.05, 0.1) is 19.3 Å². The average Bonchev–Trinajstić information content (AvgIpc) is 3.13. The Morgan fingerprint density at radius 3 is 1.92 bits per heavy atom. The third-order valence-corrected chi connectivity index (χ3v) is 8.37. The summed E-state index contributed by atoms with van der Waals surface area (Å²) in [6.45, 7) is 3.24. The van der Waals surface area contributed by atoms with Crippen molar-refractivity contribution in [1.82, 2.24) is 0 Å². The summed E-state index contributed by atoms with van der Waals surface area (Å²) in [4.78, 5) is 34.7. The summed E-state index contributed by atoms with van der Waals surface area (Å²) in [5.41, 5.74) is 5.31. The molecule has 3 atom stereocenters. The summed E-state index contributed by atoms with van der Waals surface area (Å²) in [6.07, 6.45) is 40.9. The fourth-order valence-corrected chi connectivity index (χ4v) is 5.25. The molecular formula is C41H68NO9P. The topological polar surface area (TPSA) is 155 Å². The quantitative estimate of drug-likeness (QED) is 0.0191. The number of nitrogens with two attached hydrogens (primary N) is 1. The van der Waals surface area contributed by atoms with E-state index >= 15 is 0 Å². The maximum absolute atomic E-state index is 12.5. The number of allylic oxidation sites excluding steroid dienone is 13. The van der Waals surface area contributed by atoms with Gasteiger partial charge in [0, 0.05) is 19.4 Å². The number of rotatable bonds is 34. The smallest absolute Gasteiger partial charge is 0.462 e. The molecule has 0 bridgehead atoms. The number of hydrogen-bond donors (Lipinski definition) is 3. The molecule has 11 heteroatoms. The Bertz CT molecular complexity index is 1140. The first-order valence-corrected chi connectivity index (χ1v) is 20.7. The molecule has 0 saturated carbocycles. The Hall–Kier alpha value is -2.85. The number of unbranched alkanes of at least 4 members (excludes halogenated alkanes) is 7. The van der Waals surface area contributed by atoms with E-state index in [2.05, 4.69) is 74.6 Å². The molecule has 0 saturated heterocycles. The van der Waals surface area contributed by atoms with Gasteiger partial charge in [-0.25, -0.2) is 4.57 Å². The Morgan fingerprint density at radius 1 is 0.692 bits per heavy atom. The lowest BCUT2D eigenvalue weighted by molar-refractivity contribution is -0.161. The minimum Gasteiger partial charge on any atom is -0.462 e. The number of esters is 2. The van der Waals surface area contributed by atoms with E-state index in [-0.39, 0.29) is 39.0 Å². The van der Waals surface area contributed by atoms with E-state index in [0.29, 0.717) is 6.42 Å². The van der Waals surface area contributed by atoms with Crippen LogP contribution in [0.25, 0.3) is 0 Å². The van der Waals surface area contributed by atoms with E-state index in [0.717, 1.165) is 70.6 Å². The number of hydrogen-bond acceptors (Lipinski definition) is 9. The molecule has 296 valence electrons. The lowest BCUT2D eigenvalue weighted by Gasteiger charge is -2.20. The summed E-state index contributed by atoms with van der Waals surface area (Å²) in [6, 6.07) is 0. The Balaban J connectivity index is 4.51. The zero-order valence-corrected chi connectivity index (χ0v) is 32.8. The molecule has 0 aromatic heterocycles. The summed E-state index contributed by atoms with van der Waals surface area (Å²) in [5.74, 6) is -1.13. The fourth-order valence-electron chi connectivity index (χ4n) is 4.49. The number of phosphoric ester groups is 1. The highest BCUT2D eigenvalue weighted by Gasteiger charge is 2.26. The van der Waals surface area contributed by atoms with Crippen LogP contribution in [0.2, 0.25) is 0 Å². The predicted octanol–water partition coefficient (Wildman–Crippen LogP) is 9.46. The summed E-state index contributed by atoms with van der Waals surface area (Å²) >= 11 is 0. The van der Waals surface area contributed by atoms with Crippen molar-refractivity contribution in [1.29, 1.82) is 0 Å². The average molecular weight is 750 g/mol. The van der Waals surface area contributed by atoms with Crippen LogP contribution in [0.15, 0.2) is 85.1 Å². The number of ether oxygens (including phenoxy) is 2. The lowest BCUT2D eigenvalue weighted by atomic mass is 10.1. The van der Waals surface area contributed by atoms with Crippen LogP contribution in [0.4, 0.5) is 0 Å². The lowest BCUT2D eigenvalue weighted by Crippen LogP contribution is -2.30. The minimum atomic E-state index is -4.44.